The molecule has 182 valence electrons. The molecule has 0 bridgehead atoms. The monoisotopic (exact) mass is 467 g/mol. The Morgan fingerprint density at radius 3 is 2.71 bits per heavy atom. The number of anilines is 1. The van der Waals surface area contributed by atoms with Gasteiger partial charge in [-0.2, -0.15) is 5.10 Å². The smallest absolute Gasteiger partial charge is 0.277 e. The van der Waals surface area contributed by atoms with Gasteiger partial charge in [0.25, 0.3) is 5.56 Å². The average molecular weight is 468 g/mol. The molecule has 0 saturated carbocycles. The number of nitrogens with zero attached hydrogens (tertiary/aromatic N) is 4. The number of ketones is 1. The summed E-state index contributed by atoms with van der Waals surface area (Å²) in [5, 5.41) is 13.5. The third-order valence-corrected chi connectivity index (χ3v) is 6.44. The Morgan fingerprint density at radius 1 is 1.26 bits per heavy atom. The highest BCUT2D eigenvalue weighted by molar-refractivity contribution is 5.81. The van der Waals surface area contributed by atoms with Crippen LogP contribution >= 0.6 is 0 Å². The molecule has 4 rings (SSSR count). The van der Waals surface area contributed by atoms with Gasteiger partial charge in [-0.05, 0) is 50.3 Å². The van der Waals surface area contributed by atoms with Crippen LogP contribution in [0.2, 0.25) is 0 Å². The van der Waals surface area contributed by atoms with Crippen LogP contribution in [0.25, 0.3) is 22.4 Å². The minimum atomic E-state index is -0.380. The lowest BCUT2D eigenvalue weighted by Gasteiger charge is -2.33. The number of aromatic nitrogens is 4. The molecule has 1 aromatic carbocycles. The average Bonchev–Trinajstić information content (AvgIpc) is 3.15. The van der Waals surface area contributed by atoms with E-state index in [-0.39, 0.29) is 17.9 Å². The number of carbonyl (C=O) groups excluding carboxylic acids is 1. The lowest BCUT2D eigenvalue weighted by Crippen LogP contribution is -2.34. The largest absolute Gasteiger partial charge is 0.493 e. The third-order valence-electron chi connectivity index (χ3n) is 6.44. The highest BCUT2D eigenvalue weighted by Crippen LogP contribution is 2.34. The van der Waals surface area contributed by atoms with Crippen LogP contribution in [-0.2, 0) is 18.3 Å². The number of carbonyl (C=O) groups is 1. The Kier molecular flexibility index (Phi) is 7.31. The number of H-pyrrole nitrogens is 1. The second-order valence-corrected chi connectivity index (χ2v) is 8.88. The number of benzene rings is 1. The Labute approximate surface area is 198 Å². The minimum Gasteiger partial charge on any atom is -0.493 e. The summed E-state index contributed by atoms with van der Waals surface area (Å²) in [6.07, 6.45) is 3.89. The number of aliphatic hydroxyl groups excluding tert-OH is 1. The van der Waals surface area contributed by atoms with Crippen molar-refractivity contribution in [2.75, 3.05) is 31.2 Å². The van der Waals surface area contributed by atoms with Crippen LogP contribution in [0.4, 0.5) is 5.69 Å². The number of hydrogen-bond donors (Lipinski definition) is 2. The van der Waals surface area contributed by atoms with Gasteiger partial charge in [0.2, 0.25) is 0 Å². The molecule has 0 amide bonds. The predicted molar refractivity (Wildman–Crippen MR) is 131 cm³/mol. The van der Waals surface area contributed by atoms with Gasteiger partial charge in [-0.15, -0.1) is 0 Å². The fourth-order valence-electron chi connectivity index (χ4n) is 4.74. The molecule has 1 aliphatic heterocycles. The summed E-state index contributed by atoms with van der Waals surface area (Å²) in [6.45, 7) is 5.77. The molecule has 0 unspecified atom stereocenters. The van der Waals surface area contributed by atoms with Gasteiger partial charge in [0.1, 0.15) is 23.7 Å². The SMILES string of the molecule is CCCc1nn(C)c2c(=O)[nH]c(-c3cc(N4CCC(CC(=O)CO)CC4)ccc3OCC)nc12. The number of fused-ring (bicyclic) bond motifs is 1. The Morgan fingerprint density at radius 2 is 2.03 bits per heavy atom. The van der Waals surface area contributed by atoms with Gasteiger partial charge in [0, 0.05) is 32.2 Å². The Balaban J connectivity index is 1.69. The summed E-state index contributed by atoms with van der Waals surface area (Å²) >= 11 is 0. The lowest BCUT2D eigenvalue weighted by atomic mass is 9.91. The number of piperidine rings is 1. The molecule has 1 aliphatic rings. The van der Waals surface area contributed by atoms with E-state index in [2.05, 4.69) is 21.9 Å². The second kappa shape index (κ2) is 10.4. The van der Waals surface area contributed by atoms with E-state index in [1.165, 1.54) is 0 Å². The van der Waals surface area contributed by atoms with Crippen molar-refractivity contribution >= 4 is 22.5 Å². The molecular weight excluding hydrogens is 434 g/mol. The van der Waals surface area contributed by atoms with Gasteiger partial charge >= 0.3 is 0 Å². The zero-order chi connectivity index (χ0) is 24.2. The number of Topliss-reactive ketones (excluding diaryl/α,β-unsaturated/α-hetero) is 1. The standard InChI is InChI=1S/C25H33N5O4/c1-4-6-20-22-23(29(3)28-20)25(33)27-24(26-22)19-14-17(7-8-21(19)34-5-2)30-11-9-16(10-12-30)13-18(32)15-31/h7-8,14,16,31H,4-6,9-13,15H2,1-3H3,(H,26,27,33). The van der Waals surface area contributed by atoms with E-state index in [4.69, 9.17) is 14.8 Å². The highest BCUT2D eigenvalue weighted by atomic mass is 16.5. The fourth-order valence-corrected chi connectivity index (χ4v) is 4.74. The van der Waals surface area contributed by atoms with Crippen molar-refractivity contribution in [1.29, 1.82) is 0 Å². The zero-order valence-electron chi connectivity index (χ0n) is 20.1. The molecule has 0 spiro atoms. The van der Waals surface area contributed by atoms with E-state index in [0.717, 1.165) is 55.7 Å². The normalized spacial score (nSPS) is 14.6. The fraction of sp³-hybridized carbons (Fsp3) is 0.520. The molecule has 9 nitrogen and oxygen atoms in total. The first-order valence-corrected chi connectivity index (χ1v) is 12.1. The van der Waals surface area contributed by atoms with Crippen molar-refractivity contribution in [3.8, 4) is 17.1 Å². The topological polar surface area (TPSA) is 113 Å². The first-order chi connectivity index (χ1) is 16.4. The predicted octanol–water partition coefficient (Wildman–Crippen LogP) is 2.84. The van der Waals surface area contributed by atoms with Gasteiger partial charge < -0.3 is 19.7 Å². The molecule has 1 saturated heterocycles. The number of rotatable bonds is 9. The third kappa shape index (κ3) is 4.84. The van der Waals surface area contributed by atoms with E-state index in [1.807, 2.05) is 25.1 Å². The van der Waals surface area contributed by atoms with Crippen molar-refractivity contribution in [2.45, 2.75) is 46.0 Å². The first-order valence-electron chi connectivity index (χ1n) is 12.1. The Hall–Kier alpha value is -3.20. The zero-order valence-corrected chi connectivity index (χ0v) is 20.1. The van der Waals surface area contributed by atoms with Crippen LogP contribution in [0.3, 0.4) is 0 Å². The summed E-state index contributed by atoms with van der Waals surface area (Å²) in [4.78, 5) is 34.6. The highest BCUT2D eigenvalue weighted by Gasteiger charge is 2.23. The van der Waals surface area contributed by atoms with Gasteiger partial charge in [-0.25, -0.2) is 4.98 Å². The maximum Gasteiger partial charge on any atom is 0.277 e. The maximum absolute atomic E-state index is 13.0. The summed E-state index contributed by atoms with van der Waals surface area (Å²) in [5.74, 6) is 1.35. The van der Waals surface area contributed by atoms with E-state index in [1.54, 1.807) is 11.7 Å². The van der Waals surface area contributed by atoms with Crippen LogP contribution in [0.15, 0.2) is 23.0 Å². The maximum atomic E-state index is 13.0. The quantitative estimate of drug-likeness (QED) is 0.497. The molecule has 0 radical (unpaired) electrons. The minimum absolute atomic E-state index is 0.0925. The number of ether oxygens (including phenoxy) is 1. The molecule has 9 heteroatoms. The summed E-state index contributed by atoms with van der Waals surface area (Å²) in [7, 11) is 1.77. The number of hydrogen-bond acceptors (Lipinski definition) is 7. The number of aryl methyl sites for hydroxylation is 2. The number of nitrogens with one attached hydrogen (secondary N) is 1. The summed E-state index contributed by atoms with van der Waals surface area (Å²) < 4.78 is 7.48. The van der Waals surface area contributed by atoms with Crippen molar-refractivity contribution in [3.05, 3.63) is 34.2 Å². The Bertz CT molecular complexity index is 1220. The number of aromatic amines is 1. The molecule has 3 heterocycles. The first kappa shape index (κ1) is 23.9. The molecule has 1 fully saturated rings. The summed E-state index contributed by atoms with van der Waals surface area (Å²) in [6, 6.07) is 5.97. The molecular formula is C25H33N5O4. The van der Waals surface area contributed by atoms with E-state index in [0.29, 0.717) is 41.6 Å². The van der Waals surface area contributed by atoms with Gasteiger partial charge in [0.05, 0.1) is 17.9 Å². The van der Waals surface area contributed by atoms with Crippen molar-refractivity contribution in [3.63, 3.8) is 0 Å². The molecule has 0 aliphatic carbocycles. The van der Waals surface area contributed by atoms with Crippen molar-refractivity contribution in [1.82, 2.24) is 19.7 Å². The molecule has 34 heavy (non-hydrogen) atoms. The van der Waals surface area contributed by atoms with Crippen molar-refractivity contribution < 1.29 is 14.6 Å². The van der Waals surface area contributed by atoms with Gasteiger partial charge in [-0.1, -0.05) is 13.3 Å². The molecule has 0 atom stereocenters. The van der Waals surface area contributed by atoms with Gasteiger partial charge in [-0.3, -0.25) is 14.3 Å². The van der Waals surface area contributed by atoms with Crippen LogP contribution < -0.4 is 15.2 Å². The van der Waals surface area contributed by atoms with Crippen LogP contribution in [-0.4, -0.2) is 56.9 Å². The second-order valence-electron chi connectivity index (χ2n) is 8.88. The molecule has 3 aromatic rings. The van der Waals surface area contributed by atoms with Crippen LogP contribution in [0, 0.1) is 5.92 Å². The van der Waals surface area contributed by atoms with E-state index >= 15 is 0 Å². The van der Waals surface area contributed by atoms with E-state index < -0.39 is 0 Å². The van der Waals surface area contributed by atoms with Crippen molar-refractivity contribution in [2.24, 2.45) is 13.0 Å². The van der Waals surface area contributed by atoms with Crippen LogP contribution in [0.1, 0.15) is 45.2 Å². The summed E-state index contributed by atoms with van der Waals surface area (Å²) in [5.41, 5.74) is 3.46. The van der Waals surface area contributed by atoms with Gasteiger partial charge in [0.15, 0.2) is 11.3 Å². The lowest BCUT2D eigenvalue weighted by molar-refractivity contribution is -0.122. The molecule has 2 N–H and O–H groups in total. The van der Waals surface area contributed by atoms with Crippen LogP contribution in [0.5, 0.6) is 5.75 Å². The number of aliphatic hydroxyl groups is 1. The van der Waals surface area contributed by atoms with E-state index in [9.17, 15) is 9.59 Å². The molecule has 2 aromatic heterocycles.